The van der Waals surface area contributed by atoms with E-state index in [4.69, 9.17) is 0 Å². The van der Waals surface area contributed by atoms with Crippen LogP contribution in [0.4, 0.5) is 18.9 Å². The molecule has 0 aromatic heterocycles. The summed E-state index contributed by atoms with van der Waals surface area (Å²) in [5.41, 5.74) is 0.0645. The second kappa shape index (κ2) is 6.15. The van der Waals surface area contributed by atoms with Crippen molar-refractivity contribution in [2.45, 2.75) is 33.5 Å². The molecular weight excluding hydrogens is 285 g/mol. The van der Waals surface area contributed by atoms with Gasteiger partial charge in [-0.1, -0.05) is 32.9 Å². The van der Waals surface area contributed by atoms with E-state index in [-0.39, 0.29) is 18.1 Å². The first-order chi connectivity index (χ1) is 9.50. The van der Waals surface area contributed by atoms with Crippen LogP contribution in [0, 0.1) is 5.41 Å². The van der Waals surface area contributed by atoms with Crippen molar-refractivity contribution in [1.29, 1.82) is 0 Å². The highest BCUT2D eigenvalue weighted by atomic mass is 19.4. The van der Waals surface area contributed by atoms with Gasteiger partial charge >= 0.3 is 12.1 Å². The summed E-state index contributed by atoms with van der Waals surface area (Å²) in [5.74, 6) is -2.20. The van der Waals surface area contributed by atoms with E-state index in [1.54, 1.807) is 32.2 Å². The molecule has 0 fully saturated rings. The third-order valence-electron chi connectivity index (χ3n) is 2.58. The van der Waals surface area contributed by atoms with E-state index in [1.165, 1.54) is 18.2 Å². The zero-order valence-corrected chi connectivity index (χ0v) is 12.0. The van der Waals surface area contributed by atoms with Gasteiger partial charge in [-0.2, -0.15) is 13.2 Å². The maximum atomic E-state index is 12.2. The summed E-state index contributed by atoms with van der Waals surface area (Å²) in [6.07, 6.45) is -4.93. The fourth-order valence-corrected chi connectivity index (χ4v) is 1.41. The quantitative estimate of drug-likeness (QED) is 0.902. The monoisotopic (exact) mass is 302 g/mol. The van der Waals surface area contributed by atoms with Gasteiger partial charge in [0.25, 0.3) is 0 Å². The molecule has 116 valence electrons. The summed E-state index contributed by atoms with van der Waals surface area (Å²) in [6.45, 7) is 5.43. The number of nitrogens with one attached hydrogen (secondary N) is 2. The molecule has 0 saturated carbocycles. The summed E-state index contributed by atoms with van der Waals surface area (Å²) in [7, 11) is 0. The van der Waals surface area contributed by atoms with Crippen molar-refractivity contribution in [2.75, 3.05) is 5.32 Å². The summed E-state index contributed by atoms with van der Waals surface area (Å²) >= 11 is 0. The lowest BCUT2D eigenvalue weighted by Crippen LogP contribution is -2.34. The Hall–Kier alpha value is -2.05. The lowest BCUT2D eigenvalue weighted by atomic mass is 9.95. The van der Waals surface area contributed by atoms with Gasteiger partial charge in [0.15, 0.2) is 0 Å². The van der Waals surface area contributed by atoms with Crippen molar-refractivity contribution in [2.24, 2.45) is 5.41 Å². The Morgan fingerprint density at radius 3 is 2.24 bits per heavy atom. The van der Waals surface area contributed by atoms with Crippen LogP contribution in [-0.4, -0.2) is 18.0 Å². The Morgan fingerprint density at radius 2 is 1.71 bits per heavy atom. The zero-order valence-electron chi connectivity index (χ0n) is 12.0. The van der Waals surface area contributed by atoms with Crippen LogP contribution in [0.15, 0.2) is 24.3 Å². The number of rotatable bonds is 3. The van der Waals surface area contributed by atoms with Crippen LogP contribution in [0.25, 0.3) is 0 Å². The number of carbonyl (C=O) groups excluding carboxylic acids is 2. The molecule has 0 aliphatic heterocycles. The molecule has 0 spiro atoms. The minimum Gasteiger partial charge on any atom is -0.352 e. The smallest absolute Gasteiger partial charge is 0.352 e. The Bertz CT molecular complexity index is 534. The van der Waals surface area contributed by atoms with E-state index in [0.717, 1.165) is 0 Å². The third kappa shape index (κ3) is 5.45. The topological polar surface area (TPSA) is 58.2 Å². The van der Waals surface area contributed by atoms with Crippen molar-refractivity contribution >= 4 is 17.5 Å². The zero-order chi connectivity index (χ0) is 16.3. The molecule has 21 heavy (non-hydrogen) atoms. The van der Waals surface area contributed by atoms with Gasteiger partial charge in [0.05, 0.1) is 0 Å². The predicted octanol–water partition coefficient (Wildman–Crippen LogP) is 2.85. The van der Waals surface area contributed by atoms with E-state index in [9.17, 15) is 22.8 Å². The van der Waals surface area contributed by atoms with Crippen LogP contribution >= 0.6 is 0 Å². The molecule has 0 atom stereocenters. The number of hydrogen-bond acceptors (Lipinski definition) is 2. The molecule has 2 amide bonds. The molecule has 1 aromatic rings. The normalized spacial score (nSPS) is 11.9. The van der Waals surface area contributed by atoms with Crippen molar-refractivity contribution in [3.05, 3.63) is 29.8 Å². The first kappa shape index (κ1) is 17.0. The standard InChI is InChI=1S/C14H17F3N2O2/c1-13(2,3)11(20)18-8-9-5-4-6-10(7-9)19-12(21)14(15,16)17/h4-7H,8H2,1-3H3,(H,18,20)(H,19,21). The van der Waals surface area contributed by atoms with Gasteiger partial charge < -0.3 is 10.6 Å². The number of halogens is 3. The second-order valence-electron chi connectivity index (χ2n) is 5.58. The lowest BCUT2D eigenvalue weighted by Gasteiger charge is -2.17. The van der Waals surface area contributed by atoms with Gasteiger partial charge in [-0.05, 0) is 17.7 Å². The van der Waals surface area contributed by atoms with Gasteiger partial charge in [0, 0.05) is 17.6 Å². The highest BCUT2D eigenvalue weighted by molar-refractivity contribution is 5.94. The van der Waals surface area contributed by atoms with E-state index in [0.29, 0.717) is 5.56 Å². The Kier molecular flexibility index (Phi) is 4.98. The predicted molar refractivity (Wildman–Crippen MR) is 72.4 cm³/mol. The van der Waals surface area contributed by atoms with Gasteiger partial charge in [-0.25, -0.2) is 0 Å². The molecule has 1 rings (SSSR count). The second-order valence-corrected chi connectivity index (χ2v) is 5.58. The lowest BCUT2D eigenvalue weighted by molar-refractivity contribution is -0.167. The average Bonchev–Trinajstić information content (AvgIpc) is 2.34. The maximum absolute atomic E-state index is 12.2. The van der Waals surface area contributed by atoms with Crippen LogP contribution in [0.1, 0.15) is 26.3 Å². The SMILES string of the molecule is CC(C)(C)C(=O)NCc1cccc(NC(=O)C(F)(F)F)c1. The number of carbonyl (C=O) groups is 2. The minimum absolute atomic E-state index is 0.0276. The Balaban J connectivity index is 2.69. The molecule has 1 aromatic carbocycles. The molecule has 0 radical (unpaired) electrons. The summed E-state index contributed by atoms with van der Waals surface area (Å²) < 4.78 is 36.5. The van der Waals surface area contributed by atoms with Crippen LogP contribution in [0.3, 0.4) is 0 Å². The van der Waals surface area contributed by atoms with Crippen molar-refractivity contribution < 1.29 is 22.8 Å². The third-order valence-corrected chi connectivity index (χ3v) is 2.58. The Labute approximate surface area is 120 Å². The van der Waals surface area contributed by atoms with Gasteiger partial charge in [-0.3, -0.25) is 9.59 Å². The highest BCUT2D eigenvalue weighted by Crippen LogP contribution is 2.19. The summed E-state index contributed by atoms with van der Waals surface area (Å²) in [6, 6.07) is 5.88. The molecule has 0 aliphatic rings. The number of amides is 2. The molecule has 0 unspecified atom stereocenters. The highest BCUT2D eigenvalue weighted by Gasteiger charge is 2.38. The molecular formula is C14H17F3N2O2. The first-order valence-electron chi connectivity index (χ1n) is 6.25. The molecule has 2 N–H and O–H groups in total. The van der Waals surface area contributed by atoms with Gasteiger partial charge in [0.1, 0.15) is 0 Å². The van der Waals surface area contributed by atoms with Crippen LogP contribution in [0.5, 0.6) is 0 Å². The summed E-state index contributed by atoms with van der Waals surface area (Å²) in [5, 5.41) is 4.44. The molecule has 0 bridgehead atoms. The summed E-state index contributed by atoms with van der Waals surface area (Å²) in [4.78, 5) is 22.5. The molecule has 0 aliphatic carbocycles. The number of anilines is 1. The molecule has 7 heteroatoms. The maximum Gasteiger partial charge on any atom is 0.471 e. The fraction of sp³-hybridized carbons (Fsp3) is 0.429. The van der Waals surface area contributed by atoms with Crippen molar-refractivity contribution in [3.8, 4) is 0 Å². The largest absolute Gasteiger partial charge is 0.471 e. The number of alkyl halides is 3. The van der Waals surface area contributed by atoms with Crippen LogP contribution in [-0.2, 0) is 16.1 Å². The first-order valence-corrected chi connectivity index (χ1v) is 6.25. The van der Waals surface area contributed by atoms with Crippen LogP contribution in [0.2, 0.25) is 0 Å². The average molecular weight is 302 g/mol. The van der Waals surface area contributed by atoms with Gasteiger partial charge in [-0.15, -0.1) is 0 Å². The van der Waals surface area contributed by atoms with Crippen LogP contribution < -0.4 is 10.6 Å². The minimum atomic E-state index is -4.93. The van der Waals surface area contributed by atoms with E-state index in [1.807, 2.05) is 0 Å². The molecule has 0 heterocycles. The Morgan fingerprint density at radius 1 is 1.10 bits per heavy atom. The van der Waals surface area contributed by atoms with Gasteiger partial charge in [0.2, 0.25) is 5.91 Å². The molecule has 4 nitrogen and oxygen atoms in total. The number of benzene rings is 1. The van der Waals surface area contributed by atoms with E-state index < -0.39 is 17.5 Å². The van der Waals surface area contributed by atoms with Crippen molar-refractivity contribution in [3.63, 3.8) is 0 Å². The van der Waals surface area contributed by atoms with Crippen molar-refractivity contribution in [1.82, 2.24) is 5.32 Å². The van der Waals surface area contributed by atoms with E-state index >= 15 is 0 Å². The molecule has 0 saturated heterocycles. The number of hydrogen-bond donors (Lipinski definition) is 2. The van der Waals surface area contributed by atoms with E-state index in [2.05, 4.69) is 5.32 Å². The fourth-order valence-electron chi connectivity index (χ4n) is 1.41.